The molecule has 22 heavy (non-hydrogen) atoms. The van der Waals surface area contributed by atoms with E-state index in [9.17, 15) is 9.59 Å². The van der Waals surface area contributed by atoms with Gasteiger partial charge in [0.2, 0.25) is 5.91 Å². The number of nitrogens with zero attached hydrogens (tertiary/aromatic N) is 2. The van der Waals surface area contributed by atoms with E-state index in [1.54, 1.807) is 23.3 Å². The minimum Gasteiger partial charge on any atom is -0.444 e. The second-order valence-corrected chi connectivity index (χ2v) is 7.66. The van der Waals surface area contributed by atoms with Gasteiger partial charge in [-0.3, -0.25) is 4.79 Å². The molecule has 0 aliphatic carbocycles. The molecule has 1 unspecified atom stereocenters. The number of amides is 2. The van der Waals surface area contributed by atoms with Gasteiger partial charge in [0.25, 0.3) is 0 Å². The highest BCUT2D eigenvalue weighted by atomic mass is 32.1. The molecule has 1 aliphatic rings. The second-order valence-electron chi connectivity index (χ2n) is 6.63. The molecule has 0 radical (unpaired) electrons. The van der Waals surface area contributed by atoms with E-state index >= 15 is 0 Å². The van der Waals surface area contributed by atoms with Crippen molar-refractivity contribution in [1.29, 1.82) is 0 Å². The molecule has 0 aromatic carbocycles. The summed E-state index contributed by atoms with van der Waals surface area (Å²) in [6.45, 7) is 6.83. The van der Waals surface area contributed by atoms with Crippen LogP contribution in [0.15, 0.2) is 17.5 Å². The third kappa shape index (κ3) is 4.47. The minimum absolute atomic E-state index is 0.0298. The first-order chi connectivity index (χ1) is 10.3. The van der Waals surface area contributed by atoms with E-state index in [1.807, 2.05) is 43.2 Å². The van der Waals surface area contributed by atoms with Gasteiger partial charge < -0.3 is 14.5 Å². The average Bonchev–Trinajstić information content (AvgIpc) is 3.06. The van der Waals surface area contributed by atoms with Crippen molar-refractivity contribution >= 4 is 23.3 Å². The Morgan fingerprint density at radius 1 is 1.45 bits per heavy atom. The first kappa shape index (κ1) is 16.8. The number of rotatable bonds is 3. The van der Waals surface area contributed by atoms with Crippen LogP contribution in [0.4, 0.5) is 4.79 Å². The normalized spacial score (nSPS) is 18.4. The molecule has 1 saturated heterocycles. The molecule has 1 atom stereocenters. The van der Waals surface area contributed by atoms with Gasteiger partial charge in [0.1, 0.15) is 5.60 Å². The van der Waals surface area contributed by atoms with Crippen LogP contribution >= 0.6 is 11.3 Å². The van der Waals surface area contributed by atoms with Crippen molar-refractivity contribution in [2.75, 3.05) is 20.1 Å². The van der Waals surface area contributed by atoms with E-state index in [0.717, 1.165) is 11.3 Å². The summed E-state index contributed by atoms with van der Waals surface area (Å²) in [6.07, 6.45) is 0.914. The summed E-state index contributed by atoms with van der Waals surface area (Å²) in [7, 11) is 1.74. The van der Waals surface area contributed by atoms with Crippen LogP contribution in [0.1, 0.15) is 32.1 Å². The minimum atomic E-state index is -0.501. The number of carbonyl (C=O) groups excluding carboxylic acids is 2. The highest BCUT2D eigenvalue weighted by molar-refractivity contribution is 7.10. The maximum atomic E-state index is 12.3. The Labute approximate surface area is 135 Å². The molecule has 2 rings (SSSR count). The lowest BCUT2D eigenvalue weighted by Gasteiger charge is -2.28. The molecule has 2 amide bonds. The Hall–Kier alpha value is -1.56. The highest BCUT2D eigenvalue weighted by Gasteiger charge is 2.32. The number of carbonyl (C=O) groups is 2. The topological polar surface area (TPSA) is 49.9 Å². The number of ether oxygens (including phenoxy) is 1. The zero-order chi connectivity index (χ0) is 16.3. The predicted molar refractivity (Wildman–Crippen MR) is 87.0 cm³/mol. The zero-order valence-corrected chi connectivity index (χ0v) is 14.5. The molecule has 2 heterocycles. The Morgan fingerprint density at radius 2 is 2.18 bits per heavy atom. The molecule has 1 aliphatic heterocycles. The zero-order valence-electron chi connectivity index (χ0n) is 13.7. The van der Waals surface area contributed by atoms with Crippen LogP contribution in [-0.2, 0) is 16.0 Å². The number of hydrogen-bond donors (Lipinski definition) is 0. The van der Waals surface area contributed by atoms with Crippen molar-refractivity contribution in [3.63, 3.8) is 0 Å². The van der Waals surface area contributed by atoms with E-state index < -0.39 is 5.60 Å². The molecule has 122 valence electrons. The largest absolute Gasteiger partial charge is 0.444 e. The molecular formula is C16H24N2O3S. The predicted octanol–water partition coefficient (Wildman–Crippen LogP) is 2.76. The number of likely N-dealkylation sites (tertiary alicyclic amines) is 1. The van der Waals surface area contributed by atoms with Crippen LogP contribution in [0.3, 0.4) is 0 Å². The van der Waals surface area contributed by atoms with Crippen LogP contribution in [0.2, 0.25) is 0 Å². The van der Waals surface area contributed by atoms with Gasteiger partial charge in [-0.1, -0.05) is 6.07 Å². The van der Waals surface area contributed by atoms with E-state index in [1.165, 1.54) is 0 Å². The fourth-order valence-electron chi connectivity index (χ4n) is 2.44. The maximum Gasteiger partial charge on any atom is 0.410 e. The van der Waals surface area contributed by atoms with Crippen LogP contribution in [0.5, 0.6) is 0 Å². The average molecular weight is 324 g/mol. The first-order valence-electron chi connectivity index (χ1n) is 7.52. The van der Waals surface area contributed by atoms with Crippen molar-refractivity contribution < 1.29 is 14.3 Å². The second kappa shape index (κ2) is 6.69. The van der Waals surface area contributed by atoms with Crippen molar-refractivity contribution in [1.82, 2.24) is 9.80 Å². The van der Waals surface area contributed by atoms with Gasteiger partial charge in [-0.2, -0.15) is 0 Å². The highest BCUT2D eigenvalue weighted by Crippen LogP contribution is 2.19. The summed E-state index contributed by atoms with van der Waals surface area (Å²) in [5.74, 6) is 0.127. The molecule has 1 aromatic rings. The molecule has 0 spiro atoms. The molecule has 6 heteroatoms. The molecule has 0 saturated carbocycles. The summed E-state index contributed by atoms with van der Waals surface area (Å²) in [6, 6.07) is 3.96. The van der Waals surface area contributed by atoms with Crippen LogP contribution in [0.25, 0.3) is 0 Å². The Bertz CT molecular complexity index is 522. The maximum absolute atomic E-state index is 12.3. The van der Waals surface area contributed by atoms with Gasteiger partial charge in [-0.25, -0.2) is 4.79 Å². The Morgan fingerprint density at radius 3 is 2.77 bits per heavy atom. The van der Waals surface area contributed by atoms with Gasteiger partial charge in [-0.05, 0) is 38.6 Å². The van der Waals surface area contributed by atoms with Crippen molar-refractivity contribution in [3.05, 3.63) is 22.4 Å². The number of thiophene rings is 1. The molecule has 5 nitrogen and oxygen atoms in total. The fourth-order valence-corrected chi connectivity index (χ4v) is 3.14. The van der Waals surface area contributed by atoms with Gasteiger partial charge in [0, 0.05) is 25.0 Å². The summed E-state index contributed by atoms with van der Waals surface area (Å²) in [4.78, 5) is 28.9. The standard InChI is InChI=1S/C16H24N2O3S/c1-16(2,3)21-15(20)17(4)12-7-8-18(11-12)14(19)10-13-6-5-9-22-13/h5-6,9,12H,7-8,10-11H2,1-4H3. The lowest BCUT2D eigenvalue weighted by atomic mass is 10.2. The summed E-state index contributed by atoms with van der Waals surface area (Å²) in [5, 5.41) is 1.98. The SMILES string of the molecule is CN(C(=O)OC(C)(C)C)C1CCN(C(=O)Cc2cccs2)C1. The first-order valence-corrected chi connectivity index (χ1v) is 8.40. The Balaban J connectivity index is 1.86. The lowest BCUT2D eigenvalue weighted by molar-refractivity contribution is -0.129. The molecule has 0 bridgehead atoms. The summed E-state index contributed by atoms with van der Waals surface area (Å²) >= 11 is 1.60. The van der Waals surface area contributed by atoms with Gasteiger partial charge in [0.05, 0.1) is 12.5 Å². The molecular weight excluding hydrogens is 300 g/mol. The summed E-state index contributed by atoms with van der Waals surface area (Å²) in [5.41, 5.74) is -0.501. The molecule has 1 aromatic heterocycles. The number of likely N-dealkylation sites (N-methyl/N-ethyl adjacent to an activating group) is 1. The van der Waals surface area contributed by atoms with E-state index in [0.29, 0.717) is 19.5 Å². The third-order valence-electron chi connectivity index (χ3n) is 3.65. The van der Waals surface area contributed by atoms with Crippen molar-refractivity contribution in [2.45, 2.75) is 45.3 Å². The van der Waals surface area contributed by atoms with E-state index in [2.05, 4.69) is 0 Å². The Kier molecular flexibility index (Phi) is 5.11. The third-order valence-corrected chi connectivity index (χ3v) is 4.53. The van der Waals surface area contributed by atoms with Crippen molar-refractivity contribution in [3.8, 4) is 0 Å². The van der Waals surface area contributed by atoms with Crippen LogP contribution in [-0.4, -0.2) is 53.6 Å². The smallest absolute Gasteiger partial charge is 0.410 e. The quantitative estimate of drug-likeness (QED) is 0.859. The van der Waals surface area contributed by atoms with Crippen LogP contribution in [0, 0.1) is 0 Å². The lowest BCUT2D eigenvalue weighted by Crippen LogP contribution is -2.42. The number of hydrogen-bond acceptors (Lipinski definition) is 4. The van der Waals surface area contributed by atoms with Crippen LogP contribution < -0.4 is 0 Å². The summed E-state index contributed by atoms with van der Waals surface area (Å²) < 4.78 is 5.38. The van der Waals surface area contributed by atoms with E-state index in [-0.39, 0.29) is 18.0 Å². The van der Waals surface area contributed by atoms with Gasteiger partial charge >= 0.3 is 6.09 Å². The van der Waals surface area contributed by atoms with E-state index in [4.69, 9.17) is 4.74 Å². The fraction of sp³-hybridized carbons (Fsp3) is 0.625. The van der Waals surface area contributed by atoms with Gasteiger partial charge in [0.15, 0.2) is 0 Å². The monoisotopic (exact) mass is 324 g/mol. The molecule has 0 N–H and O–H groups in total. The molecule has 1 fully saturated rings. The van der Waals surface area contributed by atoms with Crippen molar-refractivity contribution in [2.24, 2.45) is 0 Å². The van der Waals surface area contributed by atoms with Gasteiger partial charge in [-0.15, -0.1) is 11.3 Å².